The maximum Gasteiger partial charge on any atom is 0.335 e. The van der Waals surface area contributed by atoms with E-state index in [4.69, 9.17) is 16.6 Å². The Morgan fingerprint density at radius 3 is 2.73 bits per heavy atom. The lowest BCUT2D eigenvalue weighted by atomic mass is 10.0. The van der Waals surface area contributed by atoms with Gasteiger partial charge in [0.25, 0.3) is 0 Å². The quantitative estimate of drug-likeness (QED) is 0.478. The molecule has 0 spiro atoms. The number of pyridine rings is 1. The molecule has 2 atom stereocenters. The Kier molecular flexibility index (Phi) is 6.76. The van der Waals surface area contributed by atoms with Crippen LogP contribution in [0.1, 0.15) is 45.9 Å². The molecule has 8 heteroatoms. The first kappa shape index (κ1) is 22.9. The van der Waals surface area contributed by atoms with Gasteiger partial charge in [-0.2, -0.15) is 0 Å². The molecule has 1 fully saturated rings. The molecule has 7 nitrogen and oxygen atoms in total. The zero-order valence-corrected chi connectivity index (χ0v) is 19.8. The van der Waals surface area contributed by atoms with Crippen molar-refractivity contribution in [3.8, 4) is 11.3 Å². The van der Waals surface area contributed by atoms with Gasteiger partial charge in [0.2, 0.25) is 0 Å². The first-order valence-electron chi connectivity index (χ1n) is 10.9. The van der Waals surface area contributed by atoms with Crippen LogP contribution in [0.3, 0.4) is 0 Å². The summed E-state index contributed by atoms with van der Waals surface area (Å²) in [7, 11) is 4.12. The number of hydrogen-bond acceptors (Lipinski definition) is 5. The summed E-state index contributed by atoms with van der Waals surface area (Å²) in [4.78, 5) is 20.2. The molecule has 2 N–H and O–H groups in total. The van der Waals surface area contributed by atoms with E-state index in [1.165, 1.54) is 0 Å². The van der Waals surface area contributed by atoms with Gasteiger partial charge in [-0.1, -0.05) is 12.1 Å². The Morgan fingerprint density at radius 2 is 2.06 bits per heavy atom. The first-order valence-corrected chi connectivity index (χ1v) is 11.3. The fourth-order valence-corrected chi connectivity index (χ4v) is 4.57. The van der Waals surface area contributed by atoms with Gasteiger partial charge >= 0.3 is 5.97 Å². The Balaban J connectivity index is 1.68. The highest BCUT2D eigenvalue weighted by atomic mass is 32.1. The molecule has 2 aromatic heterocycles. The third-order valence-electron chi connectivity index (χ3n) is 5.86. The molecule has 0 bridgehead atoms. The molecule has 33 heavy (non-hydrogen) atoms. The second-order valence-electron chi connectivity index (χ2n) is 8.51. The molecule has 1 aliphatic heterocycles. The van der Waals surface area contributed by atoms with Gasteiger partial charge in [0, 0.05) is 18.3 Å². The number of carboxylic acid groups (broad SMARTS) is 1. The minimum Gasteiger partial charge on any atom is -0.478 e. The van der Waals surface area contributed by atoms with E-state index in [-0.39, 0.29) is 17.6 Å². The second kappa shape index (κ2) is 9.72. The molecule has 0 aliphatic carbocycles. The van der Waals surface area contributed by atoms with Crippen molar-refractivity contribution >= 4 is 23.3 Å². The molecule has 1 aromatic carbocycles. The standard InChI is InChI=1S/C25H28N4O3S/c1-16-15-17(24(30)31)8-9-18(16)20-10-11-21(32-20)23-22(19-7-4-5-12-26-19)27-25(33)29(23)14-6-13-28(2)3/h4-5,7-12,15,22-23H,6,13-14H2,1-3H3,(H,27,33)(H,30,31)/t22-,23-/m0/s1. The Morgan fingerprint density at radius 1 is 1.24 bits per heavy atom. The third-order valence-corrected chi connectivity index (χ3v) is 6.21. The predicted octanol–water partition coefficient (Wildman–Crippen LogP) is 4.27. The van der Waals surface area contributed by atoms with Crippen molar-refractivity contribution < 1.29 is 14.3 Å². The highest BCUT2D eigenvalue weighted by Crippen LogP contribution is 2.40. The van der Waals surface area contributed by atoms with Gasteiger partial charge in [-0.05, 0) is 88.2 Å². The summed E-state index contributed by atoms with van der Waals surface area (Å²) in [6, 6.07) is 14.6. The number of carbonyl (C=O) groups is 1. The predicted molar refractivity (Wildman–Crippen MR) is 131 cm³/mol. The number of nitrogens with one attached hydrogen (secondary N) is 1. The van der Waals surface area contributed by atoms with E-state index in [9.17, 15) is 9.90 Å². The average Bonchev–Trinajstić information content (AvgIpc) is 3.39. The monoisotopic (exact) mass is 464 g/mol. The van der Waals surface area contributed by atoms with Crippen LogP contribution < -0.4 is 5.32 Å². The maximum absolute atomic E-state index is 11.3. The number of rotatable bonds is 8. The van der Waals surface area contributed by atoms with Gasteiger partial charge in [0.05, 0.1) is 17.3 Å². The van der Waals surface area contributed by atoms with E-state index in [1.807, 2.05) is 37.3 Å². The zero-order chi connectivity index (χ0) is 23.5. The maximum atomic E-state index is 11.3. The number of thiocarbonyl (C=S) groups is 1. The lowest BCUT2D eigenvalue weighted by molar-refractivity contribution is 0.0697. The highest BCUT2D eigenvalue weighted by Gasteiger charge is 2.41. The van der Waals surface area contributed by atoms with Gasteiger partial charge in [-0.25, -0.2) is 4.79 Å². The van der Waals surface area contributed by atoms with Crippen molar-refractivity contribution in [3.63, 3.8) is 0 Å². The average molecular weight is 465 g/mol. The van der Waals surface area contributed by atoms with Crippen molar-refractivity contribution in [3.05, 3.63) is 77.3 Å². The van der Waals surface area contributed by atoms with E-state index in [2.05, 4.69) is 34.2 Å². The van der Waals surface area contributed by atoms with Gasteiger partial charge < -0.3 is 24.6 Å². The summed E-state index contributed by atoms with van der Waals surface area (Å²) in [5, 5.41) is 13.4. The number of hydrogen-bond donors (Lipinski definition) is 2. The highest BCUT2D eigenvalue weighted by molar-refractivity contribution is 7.80. The molecule has 1 aliphatic rings. The molecular weight excluding hydrogens is 436 g/mol. The van der Waals surface area contributed by atoms with Crippen LogP contribution in [0.4, 0.5) is 0 Å². The molecule has 0 saturated carbocycles. The fraction of sp³-hybridized carbons (Fsp3) is 0.320. The molecule has 1 saturated heterocycles. The van der Waals surface area contributed by atoms with Crippen LogP contribution in [0.25, 0.3) is 11.3 Å². The number of furan rings is 1. The number of aromatic nitrogens is 1. The van der Waals surface area contributed by atoms with Crippen molar-refractivity contribution in [1.29, 1.82) is 0 Å². The van der Waals surface area contributed by atoms with E-state index >= 15 is 0 Å². The van der Waals surface area contributed by atoms with E-state index in [1.54, 1.807) is 24.4 Å². The second-order valence-corrected chi connectivity index (χ2v) is 8.90. The fourth-order valence-electron chi connectivity index (χ4n) is 4.24. The summed E-state index contributed by atoms with van der Waals surface area (Å²) in [6.07, 6.45) is 2.75. The Labute approximate surface area is 199 Å². The lowest BCUT2D eigenvalue weighted by Crippen LogP contribution is -2.32. The molecule has 0 radical (unpaired) electrons. The van der Waals surface area contributed by atoms with Crippen molar-refractivity contribution in [2.24, 2.45) is 0 Å². The molecular formula is C25H28N4O3S. The van der Waals surface area contributed by atoms with E-state index < -0.39 is 5.97 Å². The number of nitrogens with zero attached hydrogens (tertiary/aromatic N) is 3. The van der Waals surface area contributed by atoms with Crippen LogP contribution in [0.5, 0.6) is 0 Å². The Bertz CT molecular complexity index is 1150. The number of benzene rings is 1. The van der Waals surface area contributed by atoms with Gasteiger partial charge in [-0.3, -0.25) is 4.98 Å². The van der Waals surface area contributed by atoms with Crippen LogP contribution in [-0.2, 0) is 0 Å². The molecule has 3 heterocycles. The molecule has 0 unspecified atom stereocenters. The smallest absolute Gasteiger partial charge is 0.335 e. The normalized spacial score (nSPS) is 18.1. The number of aryl methyl sites for hydroxylation is 1. The largest absolute Gasteiger partial charge is 0.478 e. The van der Waals surface area contributed by atoms with Crippen LogP contribution in [0.15, 0.2) is 59.1 Å². The SMILES string of the molecule is Cc1cc(C(=O)O)ccc1-c1ccc([C@H]2[C@H](c3ccccn3)NC(=S)N2CCCN(C)C)o1. The van der Waals surface area contributed by atoms with E-state index in [0.29, 0.717) is 10.9 Å². The number of aromatic carboxylic acids is 1. The van der Waals surface area contributed by atoms with Crippen LogP contribution in [0, 0.1) is 6.92 Å². The summed E-state index contributed by atoms with van der Waals surface area (Å²) in [5.74, 6) is 0.548. The topological polar surface area (TPSA) is 81.8 Å². The minimum absolute atomic E-state index is 0.132. The van der Waals surface area contributed by atoms with E-state index in [0.717, 1.165) is 42.1 Å². The third kappa shape index (κ3) is 4.91. The first-order chi connectivity index (χ1) is 15.8. The van der Waals surface area contributed by atoms with Gasteiger partial charge in [-0.15, -0.1) is 0 Å². The number of carboxylic acids is 1. The van der Waals surface area contributed by atoms with Gasteiger partial charge in [0.15, 0.2) is 5.11 Å². The summed E-state index contributed by atoms with van der Waals surface area (Å²) in [5.41, 5.74) is 2.88. The lowest BCUT2D eigenvalue weighted by Gasteiger charge is -2.26. The van der Waals surface area contributed by atoms with Crippen LogP contribution >= 0.6 is 12.2 Å². The molecule has 4 rings (SSSR count). The summed E-state index contributed by atoms with van der Waals surface area (Å²) in [6.45, 7) is 3.64. The zero-order valence-electron chi connectivity index (χ0n) is 19.0. The minimum atomic E-state index is -0.943. The molecule has 0 amide bonds. The van der Waals surface area contributed by atoms with Crippen molar-refractivity contribution in [2.75, 3.05) is 27.2 Å². The van der Waals surface area contributed by atoms with Crippen molar-refractivity contribution in [2.45, 2.75) is 25.4 Å². The molecule has 172 valence electrons. The van der Waals surface area contributed by atoms with Crippen LogP contribution in [0.2, 0.25) is 0 Å². The van der Waals surface area contributed by atoms with Gasteiger partial charge in [0.1, 0.15) is 17.6 Å². The summed E-state index contributed by atoms with van der Waals surface area (Å²) < 4.78 is 6.37. The molecule has 3 aromatic rings. The van der Waals surface area contributed by atoms with Crippen molar-refractivity contribution in [1.82, 2.24) is 20.1 Å². The Hall–Kier alpha value is -3.23. The van der Waals surface area contributed by atoms with Crippen LogP contribution in [-0.4, -0.2) is 58.2 Å². The summed E-state index contributed by atoms with van der Waals surface area (Å²) >= 11 is 5.71.